The monoisotopic (exact) mass is 381 g/mol. The molecule has 1 spiro atoms. The lowest BCUT2D eigenvalue weighted by atomic mass is 9.79. The molecule has 136 valence electrons. The smallest absolute Gasteiger partial charge is 0.262 e. The SMILES string of the molecule is Cn1cnc(S(=O)(=O)N2CC[C@]3(CCCN(Cc4nccs4)C3)C2)c1. The molecule has 25 heavy (non-hydrogen) atoms. The van der Waals surface area contributed by atoms with Crippen LogP contribution in [0.15, 0.2) is 29.1 Å². The molecule has 7 nitrogen and oxygen atoms in total. The van der Waals surface area contributed by atoms with Crippen molar-refractivity contribution >= 4 is 21.4 Å². The second kappa shape index (κ2) is 6.46. The predicted octanol–water partition coefficient (Wildman–Crippen LogP) is 1.55. The maximum absolute atomic E-state index is 12.8. The summed E-state index contributed by atoms with van der Waals surface area (Å²) < 4.78 is 29.0. The largest absolute Gasteiger partial charge is 0.339 e. The van der Waals surface area contributed by atoms with Gasteiger partial charge in [0.1, 0.15) is 5.01 Å². The van der Waals surface area contributed by atoms with E-state index < -0.39 is 10.0 Å². The second-order valence-corrected chi connectivity index (χ2v) is 10.1. The summed E-state index contributed by atoms with van der Waals surface area (Å²) in [6, 6.07) is 0. The molecule has 0 saturated carbocycles. The lowest BCUT2D eigenvalue weighted by Gasteiger charge is -2.40. The summed E-state index contributed by atoms with van der Waals surface area (Å²) in [5.74, 6) is 0. The zero-order valence-corrected chi connectivity index (χ0v) is 16.0. The van der Waals surface area contributed by atoms with Crippen LogP contribution in [0.3, 0.4) is 0 Å². The van der Waals surface area contributed by atoms with Crippen molar-refractivity contribution in [3.05, 3.63) is 29.1 Å². The van der Waals surface area contributed by atoms with E-state index in [1.54, 1.807) is 33.5 Å². The van der Waals surface area contributed by atoms with Crippen LogP contribution in [0.1, 0.15) is 24.3 Å². The van der Waals surface area contributed by atoms with E-state index in [-0.39, 0.29) is 10.4 Å². The fourth-order valence-electron chi connectivity index (χ4n) is 4.05. The van der Waals surface area contributed by atoms with Gasteiger partial charge in [0.2, 0.25) is 0 Å². The highest BCUT2D eigenvalue weighted by atomic mass is 32.2. The molecule has 2 aromatic heterocycles. The highest BCUT2D eigenvalue weighted by Crippen LogP contribution is 2.41. The molecule has 0 N–H and O–H groups in total. The fourth-order valence-corrected chi connectivity index (χ4v) is 6.23. The zero-order chi connectivity index (χ0) is 17.5. The Morgan fingerprint density at radius 3 is 2.84 bits per heavy atom. The molecule has 0 unspecified atom stereocenters. The molecule has 0 amide bonds. The molecule has 2 fully saturated rings. The van der Waals surface area contributed by atoms with Gasteiger partial charge in [-0.2, -0.15) is 4.31 Å². The van der Waals surface area contributed by atoms with E-state index in [1.165, 1.54) is 6.33 Å². The molecular weight excluding hydrogens is 358 g/mol. The second-order valence-electron chi connectivity index (χ2n) is 7.21. The van der Waals surface area contributed by atoms with Crippen molar-refractivity contribution in [1.29, 1.82) is 0 Å². The van der Waals surface area contributed by atoms with Gasteiger partial charge in [-0.1, -0.05) is 0 Å². The van der Waals surface area contributed by atoms with Gasteiger partial charge in [0, 0.05) is 44.5 Å². The topological polar surface area (TPSA) is 71.3 Å². The minimum Gasteiger partial charge on any atom is -0.339 e. The zero-order valence-electron chi connectivity index (χ0n) is 14.3. The lowest BCUT2D eigenvalue weighted by molar-refractivity contribution is 0.0934. The van der Waals surface area contributed by atoms with Gasteiger partial charge in [-0.15, -0.1) is 11.3 Å². The summed E-state index contributed by atoms with van der Waals surface area (Å²) in [5, 5.41) is 3.29. The van der Waals surface area contributed by atoms with E-state index in [4.69, 9.17) is 0 Å². The Hall–Kier alpha value is -1.29. The van der Waals surface area contributed by atoms with Crippen LogP contribution < -0.4 is 0 Å². The summed E-state index contributed by atoms with van der Waals surface area (Å²) in [7, 11) is -1.70. The quantitative estimate of drug-likeness (QED) is 0.804. The number of hydrogen-bond donors (Lipinski definition) is 0. The number of nitrogens with zero attached hydrogens (tertiary/aromatic N) is 5. The van der Waals surface area contributed by atoms with Gasteiger partial charge in [0.25, 0.3) is 10.0 Å². The molecule has 2 saturated heterocycles. The number of sulfonamides is 1. The van der Waals surface area contributed by atoms with Gasteiger partial charge in [0.05, 0.1) is 12.9 Å². The van der Waals surface area contributed by atoms with Crippen molar-refractivity contribution in [2.24, 2.45) is 12.5 Å². The number of imidazole rings is 1. The van der Waals surface area contributed by atoms with Crippen LogP contribution in [0.2, 0.25) is 0 Å². The molecule has 0 radical (unpaired) electrons. The highest BCUT2D eigenvalue weighted by molar-refractivity contribution is 7.89. The Morgan fingerprint density at radius 1 is 1.24 bits per heavy atom. The molecule has 2 aliphatic rings. The Balaban J connectivity index is 1.47. The third kappa shape index (κ3) is 3.38. The van der Waals surface area contributed by atoms with Crippen LogP contribution in [0.5, 0.6) is 0 Å². The average Bonchev–Trinajstić information content (AvgIpc) is 3.30. The molecule has 9 heteroatoms. The van der Waals surface area contributed by atoms with Crippen molar-refractivity contribution < 1.29 is 8.42 Å². The molecule has 0 aromatic carbocycles. The van der Waals surface area contributed by atoms with Crippen LogP contribution in [-0.4, -0.2) is 58.3 Å². The number of likely N-dealkylation sites (tertiary alicyclic amines) is 1. The number of thiazole rings is 1. The van der Waals surface area contributed by atoms with Crippen molar-refractivity contribution in [1.82, 2.24) is 23.7 Å². The average molecular weight is 382 g/mol. The molecule has 0 bridgehead atoms. The lowest BCUT2D eigenvalue weighted by Crippen LogP contribution is -2.45. The summed E-state index contributed by atoms with van der Waals surface area (Å²) in [5.41, 5.74) is 0.0668. The van der Waals surface area contributed by atoms with E-state index in [2.05, 4.69) is 14.9 Å². The highest BCUT2D eigenvalue weighted by Gasteiger charge is 2.45. The number of aromatic nitrogens is 3. The van der Waals surface area contributed by atoms with E-state index >= 15 is 0 Å². The maximum atomic E-state index is 12.8. The summed E-state index contributed by atoms with van der Waals surface area (Å²) >= 11 is 1.68. The van der Waals surface area contributed by atoms with Gasteiger partial charge < -0.3 is 4.57 Å². The first-order valence-corrected chi connectivity index (χ1v) is 10.9. The van der Waals surface area contributed by atoms with Gasteiger partial charge in [-0.25, -0.2) is 18.4 Å². The first-order valence-electron chi connectivity index (χ1n) is 8.56. The molecule has 0 aliphatic carbocycles. The van der Waals surface area contributed by atoms with Gasteiger partial charge in [-0.3, -0.25) is 4.90 Å². The fraction of sp³-hybridized carbons (Fsp3) is 0.625. The number of rotatable bonds is 4. The third-order valence-corrected chi connectivity index (χ3v) is 7.77. The minimum absolute atomic E-state index is 0.0668. The van der Waals surface area contributed by atoms with Crippen LogP contribution in [-0.2, 0) is 23.6 Å². The van der Waals surface area contributed by atoms with Crippen LogP contribution in [0.4, 0.5) is 0 Å². The molecule has 2 aliphatic heterocycles. The Kier molecular flexibility index (Phi) is 4.43. The maximum Gasteiger partial charge on any atom is 0.262 e. The minimum atomic E-state index is -3.49. The Morgan fingerprint density at radius 2 is 2.12 bits per heavy atom. The summed E-state index contributed by atoms with van der Waals surface area (Å²) in [6.45, 7) is 4.06. The normalized spacial score (nSPS) is 25.8. The van der Waals surface area contributed by atoms with Gasteiger partial charge in [0.15, 0.2) is 5.03 Å². The number of aryl methyl sites for hydroxylation is 1. The molecule has 2 aromatic rings. The van der Waals surface area contributed by atoms with Crippen molar-refractivity contribution in [2.45, 2.75) is 30.8 Å². The summed E-state index contributed by atoms with van der Waals surface area (Å²) in [4.78, 5) is 10.9. The first-order chi connectivity index (χ1) is 12.0. The van der Waals surface area contributed by atoms with Crippen LogP contribution in [0, 0.1) is 5.41 Å². The Labute approximate surface area is 152 Å². The van der Waals surface area contributed by atoms with Gasteiger partial charge in [-0.05, 0) is 31.2 Å². The van der Waals surface area contributed by atoms with Crippen molar-refractivity contribution in [2.75, 3.05) is 26.2 Å². The number of hydrogen-bond acceptors (Lipinski definition) is 6. The predicted molar refractivity (Wildman–Crippen MR) is 95.6 cm³/mol. The van der Waals surface area contributed by atoms with Gasteiger partial charge >= 0.3 is 0 Å². The van der Waals surface area contributed by atoms with E-state index in [9.17, 15) is 8.42 Å². The Bertz CT molecular complexity index is 833. The van der Waals surface area contributed by atoms with E-state index in [1.807, 2.05) is 11.6 Å². The molecule has 4 heterocycles. The standard InChI is InChI=1S/C16H23N5O2S2/c1-19-10-15(18-13-19)25(22,23)21-7-4-16(12-21)3-2-6-20(11-16)9-14-17-5-8-24-14/h5,8,10,13H,2-4,6-7,9,11-12H2,1H3/t16-/m0/s1. The number of piperidine rings is 1. The van der Waals surface area contributed by atoms with Crippen molar-refractivity contribution in [3.8, 4) is 0 Å². The van der Waals surface area contributed by atoms with Crippen LogP contribution >= 0.6 is 11.3 Å². The third-order valence-electron chi connectivity index (χ3n) is 5.27. The van der Waals surface area contributed by atoms with E-state index in [0.29, 0.717) is 13.1 Å². The first kappa shape index (κ1) is 17.1. The van der Waals surface area contributed by atoms with Crippen LogP contribution in [0.25, 0.3) is 0 Å². The molecule has 1 atom stereocenters. The van der Waals surface area contributed by atoms with Crippen molar-refractivity contribution in [3.63, 3.8) is 0 Å². The molecular formula is C16H23N5O2S2. The van der Waals surface area contributed by atoms with E-state index in [0.717, 1.165) is 43.9 Å². The molecule has 4 rings (SSSR count). The summed E-state index contributed by atoms with van der Waals surface area (Å²) in [6.07, 6.45) is 8.09.